The summed E-state index contributed by atoms with van der Waals surface area (Å²) in [5, 5.41) is 7.94. The Labute approximate surface area is 167 Å². The van der Waals surface area contributed by atoms with E-state index in [0.29, 0.717) is 29.2 Å². The number of benzene rings is 1. The van der Waals surface area contributed by atoms with Crippen LogP contribution in [0.2, 0.25) is 0 Å². The van der Waals surface area contributed by atoms with Gasteiger partial charge in [-0.15, -0.1) is 0 Å². The molecule has 148 valence electrons. The molecule has 3 aromatic rings. The third-order valence-corrected chi connectivity index (χ3v) is 5.26. The molecular weight excluding hydrogens is 374 g/mol. The van der Waals surface area contributed by atoms with E-state index < -0.39 is 0 Å². The van der Waals surface area contributed by atoms with E-state index in [2.05, 4.69) is 20.6 Å². The number of H-pyrrole nitrogens is 1. The number of amides is 1. The van der Waals surface area contributed by atoms with Gasteiger partial charge in [0.05, 0.1) is 21.5 Å². The molecule has 0 aliphatic carbocycles. The lowest BCUT2D eigenvalue weighted by atomic mass is 10.1. The summed E-state index contributed by atoms with van der Waals surface area (Å²) in [5.41, 5.74) is 4.98. The zero-order valence-electron chi connectivity index (χ0n) is 16.6. The maximum absolute atomic E-state index is 13.1. The van der Waals surface area contributed by atoms with Crippen LogP contribution in [0.1, 0.15) is 51.8 Å². The van der Waals surface area contributed by atoms with Crippen LogP contribution in [0.25, 0.3) is 15.3 Å². The second kappa shape index (κ2) is 8.52. The fourth-order valence-electron chi connectivity index (χ4n) is 3.00. The van der Waals surface area contributed by atoms with Crippen molar-refractivity contribution < 1.29 is 4.79 Å². The van der Waals surface area contributed by atoms with Crippen LogP contribution in [0.4, 0.5) is 0 Å². The monoisotopic (exact) mass is 399 g/mol. The Morgan fingerprint density at radius 1 is 1.36 bits per heavy atom. The number of rotatable bonds is 7. The Balaban J connectivity index is 1.99. The van der Waals surface area contributed by atoms with Crippen molar-refractivity contribution in [2.45, 2.75) is 47.0 Å². The predicted molar refractivity (Wildman–Crippen MR) is 113 cm³/mol. The molecule has 2 heterocycles. The van der Waals surface area contributed by atoms with Crippen LogP contribution in [-0.4, -0.2) is 26.4 Å². The topological polar surface area (TPSA) is 92.1 Å². The first-order chi connectivity index (χ1) is 13.4. The highest BCUT2D eigenvalue weighted by atomic mass is 32.1. The number of carbonyl (C=O) groups is 1. The van der Waals surface area contributed by atoms with Crippen LogP contribution in [-0.2, 0) is 11.2 Å². The fourth-order valence-corrected chi connectivity index (χ4v) is 3.92. The number of para-hydroxylation sites is 1. The Hall–Kier alpha value is -2.74. The molecular formula is C20H25N5O2S. The molecule has 0 unspecified atom stereocenters. The number of hydrogen-bond donors (Lipinski definition) is 2. The lowest BCUT2D eigenvalue weighted by Gasteiger charge is -2.04. The highest BCUT2D eigenvalue weighted by Crippen LogP contribution is 2.24. The van der Waals surface area contributed by atoms with Gasteiger partial charge in [0.2, 0.25) is 11.0 Å². The Morgan fingerprint density at radius 3 is 2.79 bits per heavy atom. The molecule has 8 heteroatoms. The second-order valence-corrected chi connectivity index (χ2v) is 8.16. The summed E-state index contributed by atoms with van der Waals surface area (Å²) < 4.78 is 2.49. The highest BCUT2D eigenvalue weighted by molar-refractivity contribution is 7.20. The van der Waals surface area contributed by atoms with Crippen molar-refractivity contribution >= 4 is 33.2 Å². The molecule has 1 aromatic carbocycles. The number of hydrazone groups is 1. The van der Waals surface area contributed by atoms with E-state index in [-0.39, 0.29) is 17.4 Å². The van der Waals surface area contributed by atoms with Gasteiger partial charge in [-0.2, -0.15) is 9.78 Å². The number of aromatic nitrogens is 3. The van der Waals surface area contributed by atoms with Gasteiger partial charge in [-0.1, -0.05) is 50.7 Å². The van der Waals surface area contributed by atoms with Crippen molar-refractivity contribution in [3.8, 4) is 5.13 Å². The summed E-state index contributed by atoms with van der Waals surface area (Å²) in [7, 11) is 0. The summed E-state index contributed by atoms with van der Waals surface area (Å²) >= 11 is 1.45. The minimum Gasteiger partial charge on any atom is -0.292 e. The molecule has 0 aliphatic heterocycles. The number of nitrogens with one attached hydrogen (secondary N) is 2. The van der Waals surface area contributed by atoms with Crippen LogP contribution < -0.4 is 11.0 Å². The number of hydrogen-bond acceptors (Lipinski definition) is 5. The number of carbonyl (C=O) groups excluding carboxylic acids is 1. The Bertz CT molecular complexity index is 1040. The highest BCUT2D eigenvalue weighted by Gasteiger charge is 2.19. The van der Waals surface area contributed by atoms with Crippen LogP contribution in [0.5, 0.6) is 0 Å². The van der Waals surface area contributed by atoms with Crippen molar-refractivity contribution in [1.29, 1.82) is 0 Å². The average molecular weight is 400 g/mol. The fraction of sp³-hybridized carbons (Fsp3) is 0.400. The first-order valence-corrected chi connectivity index (χ1v) is 10.3. The summed E-state index contributed by atoms with van der Waals surface area (Å²) in [4.78, 5) is 29.6. The molecule has 0 atom stereocenters. The van der Waals surface area contributed by atoms with E-state index in [0.717, 1.165) is 22.3 Å². The van der Waals surface area contributed by atoms with E-state index in [1.54, 1.807) is 6.92 Å². The van der Waals surface area contributed by atoms with Crippen molar-refractivity contribution in [1.82, 2.24) is 20.2 Å². The molecule has 2 aromatic heterocycles. The van der Waals surface area contributed by atoms with Gasteiger partial charge in [-0.25, -0.2) is 10.4 Å². The third-order valence-electron chi connectivity index (χ3n) is 4.24. The quantitative estimate of drug-likeness (QED) is 0.469. The summed E-state index contributed by atoms with van der Waals surface area (Å²) in [6, 6.07) is 7.78. The normalized spacial score (nSPS) is 12.1. The van der Waals surface area contributed by atoms with Gasteiger partial charge in [0, 0.05) is 12.1 Å². The van der Waals surface area contributed by atoms with Gasteiger partial charge in [0.1, 0.15) is 0 Å². The van der Waals surface area contributed by atoms with Crippen molar-refractivity contribution in [3.63, 3.8) is 0 Å². The van der Waals surface area contributed by atoms with Gasteiger partial charge in [-0.3, -0.25) is 14.7 Å². The number of thiazole rings is 1. The van der Waals surface area contributed by atoms with Crippen molar-refractivity contribution in [2.75, 3.05) is 0 Å². The number of aryl methyl sites for hydroxylation is 1. The third kappa shape index (κ3) is 4.22. The van der Waals surface area contributed by atoms with E-state index in [9.17, 15) is 9.59 Å². The zero-order chi connectivity index (χ0) is 20.3. The SMILES string of the molecule is CCCc1[nH]n(-c2nc3ccccc3s2)c(=O)c1/C(C)=N/NC(=O)CC(C)C. The molecule has 2 N–H and O–H groups in total. The minimum atomic E-state index is -0.207. The van der Waals surface area contributed by atoms with Gasteiger partial charge in [-0.05, 0) is 31.4 Å². The minimum absolute atomic E-state index is 0.159. The molecule has 7 nitrogen and oxygen atoms in total. The first kappa shape index (κ1) is 20.0. The maximum atomic E-state index is 13.1. The van der Waals surface area contributed by atoms with Crippen molar-refractivity contribution in [3.05, 3.63) is 45.9 Å². The molecule has 28 heavy (non-hydrogen) atoms. The molecule has 0 saturated heterocycles. The zero-order valence-corrected chi connectivity index (χ0v) is 17.4. The largest absolute Gasteiger partial charge is 0.292 e. The molecule has 0 bridgehead atoms. The van der Waals surface area contributed by atoms with E-state index in [1.165, 1.54) is 16.0 Å². The van der Waals surface area contributed by atoms with E-state index in [1.807, 2.05) is 45.0 Å². The van der Waals surface area contributed by atoms with Gasteiger partial charge in [0.25, 0.3) is 5.56 Å². The van der Waals surface area contributed by atoms with Gasteiger partial charge in [0.15, 0.2) is 0 Å². The molecule has 0 radical (unpaired) electrons. The smallest absolute Gasteiger partial charge is 0.282 e. The van der Waals surface area contributed by atoms with Gasteiger partial charge >= 0.3 is 0 Å². The summed E-state index contributed by atoms with van der Waals surface area (Å²) in [6.07, 6.45) is 1.97. The maximum Gasteiger partial charge on any atom is 0.282 e. The standard InChI is InChI=1S/C20H25N5O2S/c1-5-8-15-18(13(4)22-23-17(26)11-12(2)3)19(27)25(24-15)20-21-14-9-6-7-10-16(14)28-20/h6-7,9-10,12,24H,5,8,11H2,1-4H3,(H,23,26)/b22-13+. The van der Waals surface area contributed by atoms with Crippen molar-refractivity contribution in [2.24, 2.45) is 11.0 Å². The molecule has 3 rings (SSSR count). The molecule has 1 amide bonds. The van der Waals surface area contributed by atoms with Crippen LogP contribution in [0.3, 0.4) is 0 Å². The second-order valence-electron chi connectivity index (χ2n) is 7.15. The number of aromatic amines is 1. The van der Waals surface area contributed by atoms with E-state index in [4.69, 9.17) is 0 Å². The van der Waals surface area contributed by atoms with Crippen LogP contribution in [0.15, 0.2) is 34.2 Å². The molecule has 0 aliphatic rings. The predicted octanol–water partition coefficient (Wildman–Crippen LogP) is 3.61. The summed E-state index contributed by atoms with van der Waals surface area (Å²) in [5.74, 6) is 0.0862. The lowest BCUT2D eigenvalue weighted by molar-refractivity contribution is -0.121. The Morgan fingerprint density at radius 2 is 2.11 bits per heavy atom. The number of fused-ring (bicyclic) bond motifs is 1. The molecule has 0 saturated carbocycles. The van der Waals surface area contributed by atoms with E-state index >= 15 is 0 Å². The average Bonchev–Trinajstić information content (AvgIpc) is 3.20. The Kier molecular flexibility index (Phi) is 6.08. The number of nitrogens with zero attached hydrogens (tertiary/aromatic N) is 3. The first-order valence-electron chi connectivity index (χ1n) is 9.44. The molecule has 0 spiro atoms. The van der Waals surface area contributed by atoms with Gasteiger partial charge < -0.3 is 0 Å². The lowest BCUT2D eigenvalue weighted by Crippen LogP contribution is -2.24. The molecule has 0 fully saturated rings. The summed E-state index contributed by atoms with van der Waals surface area (Å²) in [6.45, 7) is 7.73. The van der Waals surface area contributed by atoms with Crippen LogP contribution >= 0.6 is 11.3 Å². The van der Waals surface area contributed by atoms with Crippen LogP contribution in [0, 0.1) is 5.92 Å².